The molecule has 0 bridgehead atoms. The molecule has 136 valence electrons. The third-order valence-corrected chi connectivity index (χ3v) is 3.32. The molecule has 6 nitrogen and oxygen atoms in total. The highest BCUT2D eigenvalue weighted by molar-refractivity contribution is 5.97. The van der Waals surface area contributed by atoms with Gasteiger partial charge in [-0.2, -0.15) is 5.10 Å². The second kappa shape index (κ2) is 9.98. The molecule has 0 fully saturated rings. The smallest absolute Gasteiger partial charge is 0.249 e. The van der Waals surface area contributed by atoms with Crippen molar-refractivity contribution in [1.82, 2.24) is 10.7 Å². The fraction of sp³-hybridized carbons (Fsp3) is 0.250. The molecule has 0 saturated heterocycles. The Hall–Kier alpha value is -3.15. The Morgan fingerprint density at radius 1 is 1.04 bits per heavy atom. The Kier molecular flexibility index (Phi) is 7.36. The van der Waals surface area contributed by atoms with Gasteiger partial charge in [-0.05, 0) is 31.5 Å². The van der Waals surface area contributed by atoms with Crippen molar-refractivity contribution >= 4 is 18.0 Å². The lowest BCUT2D eigenvalue weighted by Gasteiger charge is -2.09. The molecular formula is C20H23N3O3. The van der Waals surface area contributed by atoms with Crippen LogP contribution in [0.1, 0.15) is 31.4 Å². The van der Waals surface area contributed by atoms with Gasteiger partial charge in [-0.3, -0.25) is 9.59 Å². The average Bonchev–Trinajstić information content (AvgIpc) is 2.61. The topological polar surface area (TPSA) is 79.8 Å². The van der Waals surface area contributed by atoms with Gasteiger partial charge >= 0.3 is 0 Å². The maximum atomic E-state index is 11.7. The number of carbonyl (C=O) groups is 2. The van der Waals surface area contributed by atoms with Crippen LogP contribution in [0.15, 0.2) is 59.7 Å². The maximum absolute atomic E-state index is 11.7. The second-order valence-electron chi connectivity index (χ2n) is 6.00. The summed E-state index contributed by atoms with van der Waals surface area (Å²) >= 11 is 0. The molecule has 0 aliphatic carbocycles. The minimum atomic E-state index is -0.470. The first kappa shape index (κ1) is 19.2. The van der Waals surface area contributed by atoms with Crippen LogP contribution in [-0.2, 0) is 16.2 Å². The summed E-state index contributed by atoms with van der Waals surface area (Å²) in [4.78, 5) is 23.2. The van der Waals surface area contributed by atoms with Crippen LogP contribution in [0.4, 0.5) is 0 Å². The molecule has 0 unspecified atom stereocenters. The Morgan fingerprint density at radius 3 is 2.46 bits per heavy atom. The van der Waals surface area contributed by atoms with Gasteiger partial charge in [-0.15, -0.1) is 0 Å². The summed E-state index contributed by atoms with van der Waals surface area (Å²) in [5, 5.41) is 6.56. The van der Waals surface area contributed by atoms with E-state index in [2.05, 4.69) is 15.8 Å². The number of amides is 2. The molecule has 0 saturated carbocycles. The van der Waals surface area contributed by atoms with E-state index in [1.54, 1.807) is 0 Å². The van der Waals surface area contributed by atoms with Gasteiger partial charge in [0.15, 0.2) is 0 Å². The molecule has 0 atom stereocenters. The molecular weight excluding hydrogens is 330 g/mol. The number of hydrazone groups is 1. The van der Waals surface area contributed by atoms with Crippen molar-refractivity contribution in [3.63, 3.8) is 0 Å². The first-order valence-corrected chi connectivity index (χ1v) is 8.41. The minimum absolute atomic E-state index is 0.00700. The summed E-state index contributed by atoms with van der Waals surface area (Å²) in [6, 6.07) is 17.2. The Balaban J connectivity index is 1.89. The monoisotopic (exact) mass is 353 g/mol. The first-order chi connectivity index (χ1) is 12.5. The fourth-order valence-electron chi connectivity index (χ4n) is 2.19. The number of para-hydroxylation sites is 1. The predicted octanol–water partition coefficient (Wildman–Crippen LogP) is 2.63. The maximum Gasteiger partial charge on any atom is 0.249 e. The van der Waals surface area contributed by atoms with Gasteiger partial charge in [-0.25, -0.2) is 5.43 Å². The molecule has 2 aromatic rings. The van der Waals surface area contributed by atoms with E-state index in [1.807, 2.05) is 68.4 Å². The van der Waals surface area contributed by atoms with Crippen LogP contribution < -0.4 is 15.5 Å². The summed E-state index contributed by atoms with van der Waals surface area (Å²) in [5.74, 6) is -0.145. The zero-order valence-corrected chi connectivity index (χ0v) is 14.9. The van der Waals surface area contributed by atoms with Gasteiger partial charge in [0.05, 0.1) is 6.21 Å². The van der Waals surface area contributed by atoms with Crippen LogP contribution in [0.3, 0.4) is 0 Å². The van der Waals surface area contributed by atoms with Crippen molar-refractivity contribution in [3.05, 3.63) is 65.7 Å². The summed E-state index contributed by atoms with van der Waals surface area (Å²) in [5.41, 5.74) is 4.14. The van der Waals surface area contributed by atoms with Gasteiger partial charge in [0.1, 0.15) is 18.8 Å². The van der Waals surface area contributed by atoms with Gasteiger partial charge in [-0.1, -0.05) is 42.5 Å². The van der Waals surface area contributed by atoms with Crippen molar-refractivity contribution in [3.8, 4) is 5.75 Å². The lowest BCUT2D eigenvalue weighted by molar-refractivity contribution is -0.129. The van der Waals surface area contributed by atoms with Crippen LogP contribution in [-0.4, -0.2) is 24.1 Å². The largest absolute Gasteiger partial charge is 0.488 e. The quantitative estimate of drug-likeness (QED) is 0.435. The van der Waals surface area contributed by atoms with E-state index in [9.17, 15) is 9.59 Å². The molecule has 0 aromatic heterocycles. The molecule has 0 aliphatic heterocycles. The molecule has 6 heteroatoms. The minimum Gasteiger partial charge on any atom is -0.488 e. The Labute approximate surface area is 153 Å². The van der Waals surface area contributed by atoms with E-state index in [0.717, 1.165) is 11.1 Å². The van der Waals surface area contributed by atoms with Crippen molar-refractivity contribution in [2.24, 2.45) is 5.10 Å². The Bertz CT molecular complexity index is 758. The van der Waals surface area contributed by atoms with E-state index in [1.165, 1.54) is 6.21 Å². The molecule has 0 radical (unpaired) electrons. The number of nitrogens with zero attached hydrogens (tertiary/aromatic N) is 1. The molecule has 2 aromatic carbocycles. The summed E-state index contributed by atoms with van der Waals surface area (Å²) in [7, 11) is 0. The van der Waals surface area contributed by atoms with E-state index >= 15 is 0 Å². The molecule has 0 spiro atoms. The van der Waals surface area contributed by atoms with Crippen molar-refractivity contribution in [1.29, 1.82) is 0 Å². The molecule has 2 rings (SSSR count). The fourth-order valence-corrected chi connectivity index (χ4v) is 2.19. The standard InChI is InChI=1S/C20H23N3O3/c1-15(2)22-19(24)12-20(25)23-21-13-17-10-6-7-11-18(17)26-14-16-8-4-3-5-9-16/h3-11,13,15H,12,14H2,1-2H3,(H,22,24)(H,23,25)/b21-13+. The lowest BCUT2D eigenvalue weighted by Crippen LogP contribution is -2.34. The van der Waals surface area contributed by atoms with Crippen LogP contribution in [0.2, 0.25) is 0 Å². The average molecular weight is 353 g/mol. The van der Waals surface area contributed by atoms with Crippen LogP contribution in [0.5, 0.6) is 5.75 Å². The van der Waals surface area contributed by atoms with Gasteiger partial charge < -0.3 is 10.1 Å². The summed E-state index contributed by atoms with van der Waals surface area (Å²) < 4.78 is 5.82. The van der Waals surface area contributed by atoms with Gasteiger partial charge in [0.2, 0.25) is 11.8 Å². The molecule has 2 N–H and O–H groups in total. The number of nitrogens with one attached hydrogen (secondary N) is 2. The van der Waals surface area contributed by atoms with E-state index in [4.69, 9.17) is 4.74 Å². The summed E-state index contributed by atoms with van der Waals surface area (Å²) in [6.07, 6.45) is 1.24. The highest BCUT2D eigenvalue weighted by Gasteiger charge is 2.09. The van der Waals surface area contributed by atoms with Crippen LogP contribution >= 0.6 is 0 Å². The molecule has 0 heterocycles. The summed E-state index contributed by atoms with van der Waals surface area (Å²) in [6.45, 7) is 4.11. The number of rotatable bonds is 8. The zero-order chi connectivity index (χ0) is 18.8. The highest BCUT2D eigenvalue weighted by atomic mass is 16.5. The SMILES string of the molecule is CC(C)NC(=O)CC(=O)N/N=C/c1ccccc1OCc1ccccc1. The molecule has 0 aliphatic rings. The number of carbonyl (C=O) groups excluding carboxylic acids is 2. The molecule has 2 amide bonds. The normalized spacial score (nSPS) is 10.7. The third-order valence-electron chi connectivity index (χ3n) is 3.32. The van der Waals surface area contributed by atoms with Gasteiger partial charge in [0.25, 0.3) is 0 Å². The molecule has 26 heavy (non-hydrogen) atoms. The van der Waals surface area contributed by atoms with E-state index < -0.39 is 5.91 Å². The van der Waals surface area contributed by atoms with E-state index in [0.29, 0.717) is 12.4 Å². The van der Waals surface area contributed by atoms with Crippen molar-refractivity contribution in [2.45, 2.75) is 32.9 Å². The number of ether oxygens (including phenoxy) is 1. The second-order valence-corrected chi connectivity index (χ2v) is 6.00. The lowest BCUT2D eigenvalue weighted by atomic mass is 10.2. The van der Waals surface area contributed by atoms with Crippen molar-refractivity contribution < 1.29 is 14.3 Å². The number of hydrogen-bond donors (Lipinski definition) is 2. The first-order valence-electron chi connectivity index (χ1n) is 8.41. The highest BCUT2D eigenvalue weighted by Crippen LogP contribution is 2.17. The zero-order valence-electron chi connectivity index (χ0n) is 14.9. The third kappa shape index (κ3) is 6.76. The number of hydrogen-bond acceptors (Lipinski definition) is 4. The van der Waals surface area contributed by atoms with Crippen molar-refractivity contribution in [2.75, 3.05) is 0 Å². The Morgan fingerprint density at radius 2 is 1.73 bits per heavy atom. The van der Waals surface area contributed by atoms with Crippen LogP contribution in [0, 0.1) is 0 Å². The number of benzene rings is 2. The predicted molar refractivity (Wildman–Crippen MR) is 101 cm³/mol. The van der Waals surface area contributed by atoms with Crippen LogP contribution in [0.25, 0.3) is 0 Å². The van der Waals surface area contributed by atoms with Gasteiger partial charge in [0, 0.05) is 11.6 Å². The van der Waals surface area contributed by atoms with E-state index in [-0.39, 0.29) is 18.4 Å².